The van der Waals surface area contributed by atoms with Gasteiger partial charge in [-0.25, -0.2) is 0 Å². The van der Waals surface area contributed by atoms with Gasteiger partial charge < -0.3 is 14.8 Å². The van der Waals surface area contributed by atoms with E-state index < -0.39 is 0 Å². The van der Waals surface area contributed by atoms with Gasteiger partial charge in [0.1, 0.15) is 11.5 Å². The summed E-state index contributed by atoms with van der Waals surface area (Å²) in [5, 5.41) is 3.39. The minimum atomic E-state index is 0.413. The lowest BCUT2D eigenvalue weighted by molar-refractivity contribution is 0.389. The second-order valence-corrected chi connectivity index (χ2v) is 4.48. The molecular formula is C14H21NO2. The van der Waals surface area contributed by atoms with Gasteiger partial charge in [-0.1, -0.05) is 6.42 Å². The maximum atomic E-state index is 5.50. The van der Waals surface area contributed by atoms with Crippen LogP contribution >= 0.6 is 0 Å². The molecule has 94 valence electrons. The van der Waals surface area contributed by atoms with Crippen molar-refractivity contribution >= 4 is 0 Å². The number of rotatable bonds is 3. The lowest BCUT2D eigenvalue weighted by atomic mass is 9.98. The number of hydrogen-bond acceptors (Lipinski definition) is 3. The minimum Gasteiger partial charge on any atom is -0.497 e. The second-order valence-electron chi connectivity index (χ2n) is 4.48. The molecule has 17 heavy (non-hydrogen) atoms. The Morgan fingerprint density at radius 2 is 2.00 bits per heavy atom. The molecule has 0 spiro atoms. The van der Waals surface area contributed by atoms with Crippen molar-refractivity contribution in [1.29, 1.82) is 0 Å². The van der Waals surface area contributed by atoms with Gasteiger partial charge in [-0.3, -0.25) is 0 Å². The molecule has 1 atom stereocenters. The fourth-order valence-electron chi connectivity index (χ4n) is 2.62. The summed E-state index contributed by atoms with van der Waals surface area (Å²) in [6.07, 6.45) is 4.76. The van der Waals surface area contributed by atoms with Crippen molar-refractivity contribution in [2.75, 3.05) is 21.3 Å². The highest BCUT2D eigenvalue weighted by atomic mass is 16.5. The molecule has 0 radical (unpaired) electrons. The normalized spacial score (nSPS) is 19.4. The number of benzene rings is 1. The Kier molecular flexibility index (Phi) is 3.89. The molecule has 3 nitrogen and oxygen atoms in total. The second kappa shape index (κ2) is 5.41. The van der Waals surface area contributed by atoms with E-state index >= 15 is 0 Å². The number of methoxy groups -OCH3 is 2. The van der Waals surface area contributed by atoms with Crippen LogP contribution in [0, 0.1) is 0 Å². The SMILES string of the molecule is CNC1CCCCc2c(OC)cc(OC)cc21. The number of nitrogens with one attached hydrogen (secondary N) is 1. The van der Waals surface area contributed by atoms with Crippen molar-refractivity contribution in [3.63, 3.8) is 0 Å². The maximum absolute atomic E-state index is 5.50. The summed E-state index contributed by atoms with van der Waals surface area (Å²) in [6, 6.07) is 4.54. The topological polar surface area (TPSA) is 30.5 Å². The summed E-state index contributed by atoms with van der Waals surface area (Å²) >= 11 is 0. The lowest BCUT2D eigenvalue weighted by Gasteiger charge is -2.20. The Labute approximate surface area is 103 Å². The molecule has 1 unspecified atom stereocenters. The molecule has 0 heterocycles. The van der Waals surface area contributed by atoms with Gasteiger partial charge in [0, 0.05) is 12.1 Å². The van der Waals surface area contributed by atoms with E-state index in [1.165, 1.54) is 30.4 Å². The molecule has 0 fully saturated rings. The number of fused-ring (bicyclic) bond motifs is 1. The van der Waals surface area contributed by atoms with E-state index in [4.69, 9.17) is 9.47 Å². The Morgan fingerprint density at radius 3 is 2.65 bits per heavy atom. The van der Waals surface area contributed by atoms with Crippen molar-refractivity contribution in [3.8, 4) is 11.5 Å². The van der Waals surface area contributed by atoms with E-state index in [1.54, 1.807) is 14.2 Å². The molecule has 2 rings (SSSR count). The summed E-state index contributed by atoms with van der Waals surface area (Å²) in [4.78, 5) is 0. The molecular weight excluding hydrogens is 214 g/mol. The van der Waals surface area contributed by atoms with Crippen LogP contribution in [0.2, 0.25) is 0 Å². The summed E-state index contributed by atoms with van der Waals surface area (Å²) in [5.74, 6) is 1.84. The molecule has 1 aliphatic rings. The maximum Gasteiger partial charge on any atom is 0.126 e. The average molecular weight is 235 g/mol. The molecule has 0 aromatic heterocycles. The van der Waals surface area contributed by atoms with Crippen LogP contribution in [0.5, 0.6) is 11.5 Å². The first-order valence-electron chi connectivity index (χ1n) is 6.22. The summed E-state index contributed by atoms with van der Waals surface area (Å²) in [6.45, 7) is 0. The molecule has 3 heteroatoms. The van der Waals surface area contributed by atoms with Gasteiger partial charge in [-0.15, -0.1) is 0 Å². The minimum absolute atomic E-state index is 0.413. The van der Waals surface area contributed by atoms with Gasteiger partial charge in [0.2, 0.25) is 0 Å². The van der Waals surface area contributed by atoms with Gasteiger partial charge in [0.25, 0.3) is 0 Å². The average Bonchev–Trinajstić information content (AvgIpc) is 2.59. The molecule has 1 aromatic carbocycles. The largest absolute Gasteiger partial charge is 0.497 e. The van der Waals surface area contributed by atoms with Crippen LogP contribution < -0.4 is 14.8 Å². The third-order valence-electron chi connectivity index (χ3n) is 3.57. The van der Waals surface area contributed by atoms with Crippen molar-refractivity contribution in [2.24, 2.45) is 0 Å². The van der Waals surface area contributed by atoms with Crippen molar-refractivity contribution in [3.05, 3.63) is 23.3 Å². The molecule has 0 bridgehead atoms. The zero-order valence-corrected chi connectivity index (χ0v) is 10.9. The van der Waals surface area contributed by atoms with Crippen molar-refractivity contribution in [1.82, 2.24) is 5.32 Å². The third-order valence-corrected chi connectivity index (χ3v) is 3.57. The van der Waals surface area contributed by atoms with Crippen LogP contribution in [-0.4, -0.2) is 21.3 Å². The quantitative estimate of drug-likeness (QED) is 0.817. The van der Waals surface area contributed by atoms with Crippen LogP contribution in [0.1, 0.15) is 36.4 Å². The molecule has 1 N–H and O–H groups in total. The highest BCUT2D eigenvalue weighted by molar-refractivity contribution is 5.48. The van der Waals surface area contributed by atoms with Crippen LogP contribution in [0.4, 0.5) is 0 Å². The summed E-state index contributed by atoms with van der Waals surface area (Å²) in [7, 11) is 5.45. The van der Waals surface area contributed by atoms with Gasteiger partial charge in [-0.2, -0.15) is 0 Å². The van der Waals surface area contributed by atoms with Gasteiger partial charge in [-0.05, 0) is 43.5 Å². The molecule has 0 saturated carbocycles. The Balaban J connectivity index is 2.51. The van der Waals surface area contributed by atoms with Crippen LogP contribution in [0.25, 0.3) is 0 Å². The Morgan fingerprint density at radius 1 is 1.18 bits per heavy atom. The highest BCUT2D eigenvalue weighted by Crippen LogP contribution is 2.37. The highest BCUT2D eigenvalue weighted by Gasteiger charge is 2.21. The standard InChI is InChI=1S/C14H21NO2/c1-15-13-7-5-4-6-11-12(13)8-10(16-2)9-14(11)17-3/h8-9,13,15H,4-7H2,1-3H3. The zero-order valence-electron chi connectivity index (χ0n) is 10.9. The lowest BCUT2D eigenvalue weighted by Crippen LogP contribution is -2.17. The van der Waals surface area contributed by atoms with Gasteiger partial charge in [0.05, 0.1) is 14.2 Å². The Bertz CT molecular complexity index is 390. The van der Waals surface area contributed by atoms with E-state index in [2.05, 4.69) is 11.4 Å². The monoisotopic (exact) mass is 235 g/mol. The smallest absolute Gasteiger partial charge is 0.126 e. The predicted molar refractivity (Wildman–Crippen MR) is 68.9 cm³/mol. The van der Waals surface area contributed by atoms with Crippen LogP contribution in [0.15, 0.2) is 12.1 Å². The van der Waals surface area contributed by atoms with Gasteiger partial charge >= 0.3 is 0 Å². The zero-order chi connectivity index (χ0) is 12.3. The first kappa shape index (κ1) is 12.2. The predicted octanol–water partition coefficient (Wildman–Crippen LogP) is 2.69. The fraction of sp³-hybridized carbons (Fsp3) is 0.571. The van der Waals surface area contributed by atoms with Crippen molar-refractivity contribution in [2.45, 2.75) is 31.7 Å². The fourth-order valence-corrected chi connectivity index (χ4v) is 2.62. The molecule has 0 aliphatic heterocycles. The van der Waals surface area contributed by atoms with E-state index in [-0.39, 0.29) is 0 Å². The van der Waals surface area contributed by atoms with E-state index in [0.717, 1.165) is 17.9 Å². The van der Waals surface area contributed by atoms with E-state index in [9.17, 15) is 0 Å². The van der Waals surface area contributed by atoms with Crippen LogP contribution in [0.3, 0.4) is 0 Å². The van der Waals surface area contributed by atoms with Crippen molar-refractivity contribution < 1.29 is 9.47 Å². The van der Waals surface area contributed by atoms with E-state index in [1.807, 2.05) is 13.1 Å². The van der Waals surface area contributed by atoms with E-state index in [0.29, 0.717) is 6.04 Å². The molecule has 0 saturated heterocycles. The van der Waals surface area contributed by atoms with Gasteiger partial charge in [0.15, 0.2) is 0 Å². The molecule has 0 amide bonds. The Hall–Kier alpha value is -1.22. The first-order valence-corrected chi connectivity index (χ1v) is 6.22. The molecule has 1 aliphatic carbocycles. The first-order chi connectivity index (χ1) is 8.30. The van der Waals surface area contributed by atoms with Crippen LogP contribution in [-0.2, 0) is 6.42 Å². The summed E-state index contributed by atoms with van der Waals surface area (Å²) in [5.41, 5.74) is 2.67. The number of hydrogen-bond donors (Lipinski definition) is 1. The molecule has 1 aromatic rings. The summed E-state index contributed by atoms with van der Waals surface area (Å²) < 4.78 is 10.8. The number of ether oxygens (including phenoxy) is 2. The third kappa shape index (κ3) is 2.39.